The zero-order chi connectivity index (χ0) is 12.4. The second-order valence-electron chi connectivity index (χ2n) is 3.85. The van der Waals surface area contributed by atoms with Crippen LogP contribution in [-0.2, 0) is 4.79 Å². The van der Waals surface area contributed by atoms with Gasteiger partial charge in [-0.1, -0.05) is 11.6 Å². The molecular weight excluding hydrogens is 244 g/mol. The number of pyridine rings is 1. The average molecular weight is 255 g/mol. The van der Waals surface area contributed by atoms with Crippen LogP contribution < -0.4 is 0 Å². The number of nitrogens with zero attached hydrogens (tertiary/aromatic N) is 2. The van der Waals surface area contributed by atoms with Gasteiger partial charge < -0.3 is 10.0 Å². The molecule has 1 saturated heterocycles. The molecular formula is C11H11ClN2O3. The van der Waals surface area contributed by atoms with Crippen LogP contribution in [0.25, 0.3) is 0 Å². The molecule has 90 valence electrons. The number of carboxylic acid groups (broad SMARTS) is 1. The van der Waals surface area contributed by atoms with Gasteiger partial charge in [-0.05, 0) is 18.9 Å². The fraction of sp³-hybridized carbons (Fsp3) is 0.364. The Morgan fingerprint density at radius 2 is 2.29 bits per heavy atom. The standard InChI is InChI=1S/C11H11ClN2O3/c12-8-6-13-4-3-7(8)10(15)14-5-1-2-9(14)11(16)17/h3-4,6,9H,1-2,5H2,(H,16,17). The van der Waals surface area contributed by atoms with E-state index in [0.717, 1.165) is 0 Å². The van der Waals surface area contributed by atoms with E-state index in [4.69, 9.17) is 16.7 Å². The predicted molar refractivity (Wildman–Crippen MR) is 60.9 cm³/mol. The van der Waals surface area contributed by atoms with E-state index >= 15 is 0 Å². The van der Waals surface area contributed by atoms with Crippen molar-refractivity contribution in [2.75, 3.05) is 6.54 Å². The van der Waals surface area contributed by atoms with Crippen LogP contribution in [0.15, 0.2) is 18.5 Å². The summed E-state index contributed by atoms with van der Waals surface area (Å²) in [6.07, 6.45) is 4.03. The third-order valence-corrected chi connectivity index (χ3v) is 3.10. The van der Waals surface area contributed by atoms with Crippen molar-refractivity contribution in [1.29, 1.82) is 0 Å². The van der Waals surface area contributed by atoms with Gasteiger partial charge in [0.15, 0.2) is 0 Å². The zero-order valence-electron chi connectivity index (χ0n) is 8.97. The van der Waals surface area contributed by atoms with Crippen molar-refractivity contribution in [3.8, 4) is 0 Å². The first kappa shape index (κ1) is 11.9. The van der Waals surface area contributed by atoms with Gasteiger partial charge in [0.2, 0.25) is 0 Å². The number of likely N-dealkylation sites (tertiary alicyclic amines) is 1. The molecule has 0 spiro atoms. The number of aromatic nitrogens is 1. The van der Waals surface area contributed by atoms with Crippen LogP contribution in [-0.4, -0.2) is 39.5 Å². The number of hydrogen-bond donors (Lipinski definition) is 1. The Hall–Kier alpha value is -1.62. The van der Waals surface area contributed by atoms with Crippen LogP contribution in [0.3, 0.4) is 0 Å². The van der Waals surface area contributed by atoms with Gasteiger partial charge >= 0.3 is 5.97 Å². The lowest BCUT2D eigenvalue weighted by Crippen LogP contribution is -2.40. The lowest BCUT2D eigenvalue weighted by molar-refractivity contribution is -0.141. The highest BCUT2D eigenvalue weighted by Gasteiger charge is 2.34. The van der Waals surface area contributed by atoms with Crippen LogP contribution >= 0.6 is 11.6 Å². The maximum absolute atomic E-state index is 12.1. The van der Waals surface area contributed by atoms with Gasteiger partial charge in [0.05, 0.1) is 10.6 Å². The third-order valence-electron chi connectivity index (χ3n) is 2.80. The van der Waals surface area contributed by atoms with Crippen molar-refractivity contribution in [1.82, 2.24) is 9.88 Å². The summed E-state index contributed by atoms with van der Waals surface area (Å²) in [6, 6.07) is 0.758. The Kier molecular flexibility index (Phi) is 3.28. The van der Waals surface area contributed by atoms with E-state index in [2.05, 4.69) is 4.98 Å². The van der Waals surface area contributed by atoms with Crippen molar-refractivity contribution in [3.63, 3.8) is 0 Å². The summed E-state index contributed by atoms with van der Waals surface area (Å²) >= 11 is 5.87. The largest absolute Gasteiger partial charge is 0.480 e. The molecule has 0 radical (unpaired) electrons. The molecule has 0 aliphatic carbocycles. The van der Waals surface area contributed by atoms with Crippen LogP contribution in [0.2, 0.25) is 5.02 Å². The minimum absolute atomic E-state index is 0.244. The summed E-state index contributed by atoms with van der Waals surface area (Å²) in [7, 11) is 0. The number of carbonyl (C=O) groups is 2. The molecule has 5 nitrogen and oxygen atoms in total. The number of amides is 1. The summed E-state index contributed by atoms with van der Waals surface area (Å²) < 4.78 is 0. The molecule has 1 N–H and O–H groups in total. The molecule has 0 bridgehead atoms. The van der Waals surface area contributed by atoms with Gasteiger partial charge in [0.1, 0.15) is 6.04 Å². The Balaban J connectivity index is 2.26. The number of rotatable bonds is 2. The molecule has 1 atom stereocenters. The van der Waals surface area contributed by atoms with Crippen molar-refractivity contribution in [2.24, 2.45) is 0 Å². The molecule has 1 aromatic heterocycles. The van der Waals surface area contributed by atoms with Crippen LogP contribution in [0, 0.1) is 0 Å². The highest BCUT2D eigenvalue weighted by molar-refractivity contribution is 6.33. The minimum atomic E-state index is -0.971. The van der Waals surface area contributed by atoms with E-state index in [0.29, 0.717) is 24.9 Å². The number of halogens is 1. The molecule has 6 heteroatoms. The summed E-state index contributed by atoms with van der Waals surface area (Å²) in [5, 5.41) is 9.25. The molecule has 2 heterocycles. The Labute approximate surface area is 103 Å². The third kappa shape index (κ3) is 2.24. The minimum Gasteiger partial charge on any atom is -0.480 e. The van der Waals surface area contributed by atoms with Crippen LogP contribution in [0.4, 0.5) is 0 Å². The maximum Gasteiger partial charge on any atom is 0.326 e. The molecule has 0 aromatic carbocycles. The highest BCUT2D eigenvalue weighted by Crippen LogP contribution is 2.23. The summed E-state index contributed by atoms with van der Waals surface area (Å²) in [4.78, 5) is 28.3. The first-order valence-corrected chi connectivity index (χ1v) is 5.62. The van der Waals surface area contributed by atoms with Crippen molar-refractivity contribution in [3.05, 3.63) is 29.0 Å². The van der Waals surface area contributed by atoms with Gasteiger partial charge in [-0.3, -0.25) is 9.78 Å². The Bertz CT molecular complexity index is 464. The number of aliphatic carboxylic acids is 1. The van der Waals surface area contributed by atoms with E-state index in [1.807, 2.05) is 0 Å². The molecule has 1 aliphatic heterocycles. The van der Waals surface area contributed by atoms with Gasteiger partial charge in [-0.2, -0.15) is 0 Å². The molecule has 0 saturated carbocycles. The number of hydrogen-bond acceptors (Lipinski definition) is 3. The monoisotopic (exact) mass is 254 g/mol. The highest BCUT2D eigenvalue weighted by atomic mass is 35.5. The van der Waals surface area contributed by atoms with Crippen LogP contribution in [0.1, 0.15) is 23.2 Å². The van der Waals surface area contributed by atoms with Gasteiger partial charge in [0.25, 0.3) is 5.91 Å². The molecule has 17 heavy (non-hydrogen) atoms. The summed E-state index contributed by atoms with van der Waals surface area (Å²) in [6.45, 7) is 0.453. The SMILES string of the molecule is O=C(O)C1CCCN1C(=O)c1ccncc1Cl. The molecule has 1 aliphatic rings. The number of carbonyl (C=O) groups excluding carboxylic acids is 1. The van der Waals surface area contributed by atoms with Gasteiger partial charge in [-0.25, -0.2) is 4.79 Å². The fourth-order valence-electron chi connectivity index (χ4n) is 1.97. The molecule has 1 amide bonds. The lowest BCUT2D eigenvalue weighted by Gasteiger charge is -2.21. The number of carboxylic acids is 1. The maximum atomic E-state index is 12.1. The fourth-order valence-corrected chi connectivity index (χ4v) is 2.17. The van der Waals surface area contributed by atoms with E-state index in [1.165, 1.54) is 23.4 Å². The summed E-state index contributed by atoms with van der Waals surface area (Å²) in [5.41, 5.74) is 0.301. The van der Waals surface area contributed by atoms with Gasteiger partial charge in [-0.15, -0.1) is 0 Å². The first-order chi connectivity index (χ1) is 8.11. The molecule has 1 unspecified atom stereocenters. The van der Waals surface area contributed by atoms with E-state index in [9.17, 15) is 9.59 Å². The predicted octanol–water partition coefficient (Wildman–Crippen LogP) is 1.42. The first-order valence-electron chi connectivity index (χ1n) is 5.24. The smallest absolute Gasteiger partial charge is 0.326 e. The molecule has 2 rings (SSSR count). The van der Waals surface area contributed by atoms with Crippen molar-refractivity contribution >= 4 is 23.5 Å². The zero-order valence-corrected chi connectivity index (χ0v) is 9.72. The second-order valence-corrected chi connectivity index (χ2v) is 4.26. The van der Waals surface area contributed by atoms with E-state index in [1.54, 1.807) is 0 Å². The second kappa shape index (κ2) is 4.71. The quantitative estimate of drug-likeness (QED) is 0.867. The molecule has 1 fully saturated rings. The normalized spacial score (nSPS) is 19.4. The Morgan fingerprint density at radius 3 is 2.94 bits per heavy atom. The van der Waals surface area contributed by atoms with E-state index < -0.39 is 12.0 Å². The molecule has 1 aromatic rings. The lowest BCUT2D eigenvalue weighted by atomic mass is 10.2. The average Bonchev–Trinajstić information content (AvgIpc) is 2.77. The topological polar surface area (TPSA) is 70.5 Å². The van der Waals surface area contributed by atoms with Crippen molar-refractivity contribution < 1.29 is 14.7 Å². The van der Waals surface area contributed by atoms with Crippen LogP contribution in [0.5, 0.6) is 0 Å². The Morgan fingerprint density at radius 1 is 1.53 bits per heavy atom. The van der Waals surface area contributed by atoms with Gasteiger partial charge in [0, 0.05) is 18.9 Å². The van der Waals surface area contributed by atoms with Crippen molar-refractivity contribution in [2.45, 2.75) is 18.9 Å². The summed E-state index contributed by atoms with van der Waals surface area (Å²) in [5.74, 6) is -1.32. The van der Waals surface area contributed by atoms with E-state index in [-0.39, 0.29) is 10.9 Å².